The van der Waals surface area contributed by atoms with E-state index in [1.165, 1.54) is 13.1 Å². The summed E-state index contributed by atoms with van der Waals surface area (Å²) in [6, 6.07) is 8.65. The Kier molecular flexibility index (Phi) is 5.55. The molecule has 0 saturated carbocycles. The highest BCUT2D eigenvalue weighted by Gasteiger charge is 2.33. The summed E-state index contributed by atoms with van der Waals surface area (Å²) in [5.74, 6) is -0.220. The van der Waals surface area contributed by atoms with Crippen molar-refractivity contribution in [1.29, 1.82) is 0 Å². The van der Waals surface area contributed by atoms with Crippen LogP contribution in [0.3, 0.4) is 0 Å². The Morgan fingerprint density at radius 1 is 1.19 bits per heavy atom. The van der Waals surface area contributed by atoms with Crippen molar-refractivity contribution >= 4 is 29.2 Å². The van der Waals surface area contributed by atoms with Crippen molar-refractivity contribution < 1.29 is 22.9 Å². The minimum Gasteiger partial charge on any atom is -0.326 e. The van der Waals surface area contributed by atoms with Gasteiger partial charge in [-0.1, -0.05) is 12.1 Å². The van der Waals surface area contributed by atoms with Crippen LogP contribution in [0.1, 0.15) is 18.1 Å². The van der Waals surface area contributed by atoms with Gasteiger partial charge in [-0.15, -0.1) is 0 Å². The first-order chi connectivity index (χ1) is 12.2. The lowest BCUT2D eigenvalue weighted by Gasteiger charge is -2.08. The number of alkyl halides is 3. The third-order valence-corrected chi connectivity index (χ3v) is 3.15. The largest absolute Gasteiger partial charge is 0.416 e. The first-order valence-electron chi connectivity index (χ1n) is 7.19. The molecule has 0 aliphatic carbocycles. The molecular formula is C16H13F3N4O3. The minimum atomic E-state index is -4.68. The Labute approximate surface area is 145 Å². The standard InChI is InChI=1S/C16H13F3N4O3/c1-10(24)21-13-5-2-11(3-6-13)9-20-22-14-7-4-12(16(17,18)19)8-15(14)23(25)26/h2-9,22H,1H3,(H,21,24)/b20-9+. The van der Waals surface area contributed by atoms with Crippen LogP contribution in [0.4, 0.5) is 30.2 Å². The molecule has 0 bridgehead atoms. The molecule has 2 aromatic rings. The van der Waals surface area contributed by atoms with Gasteiger partial charge >= 0.3 is 6.18 Å². The number of nitro groups is 1. The molecule has 7 nitrogen and oxygen atoms in total. The normalized spacial score (nSPS) is 11.4. The van der Waals surface area contributed by atoms with Crippen LogP contribution in [-0.4, -0.2) is 17.0 Å². The molecule has 0 aromatic heterocycles. The molecule has 0 radical (unpaired) electrons. The van der Waals surface area contributed by atoms with Crippen molar-refractivity contribution in [3.8, 4) is 0 Å². The van der Waals surface area contributed by atoms with Crippen LogP contribution >= 0.6 is 0 Å². The van der Waals surface area contributed by atoms with E-state index in [4.69, 9.17) is 0 Å². The number of rotatable bonds is 5. The van der Waals surface area contributed by atoms with Gasteiger partial charge in [0.05, 0.1) is 16.7 Å². The minimum absolute atomic E-state index is 0.172. The van der Waals surface area contributed by atoms with Crippen molar-refractivity contribution in [3.05, 3.63) is 63.7 Å². The second-order valence-corrected chi connectivity index (χ2v) is 5.16. The number of nitrogens with one attached hydrogen (secondary N) is 2. The second kappa shape index (κ2) is 7.64. The summed E-state index contributed by atoms with van der Waals surface area (Å²) < 4.78 is 37.9. The highest BCUT2D eigenvalue weighted by molar-refractivity contribution is 5.89. The Morgan fingerprint density at radius 3 is 2.38 bits per heavy atom. The molecule has 0 aliphatic heterocycles. The fraction of sp³-hybridized carbons (Fsp3) is 0.125. The molecule has 2 aromatic carbocycles. The Hall–Kier alpha value is -3.43. The SMILES string of the molecule is CC(=O)Nc1ccc(/C=N/Nc2ccc(C(F)(F)F)cc2[N+](=O)[O-])cc1. The van der Waals surface area contributed by atoms with Gasteiger partial charge in [0.25, 0.3) is 5.69 Å². The Morgan fingerprint density at radius 2 is 1.85 bits per heavy atom. The summed E-state index contributed by atoms with van der Waals surface area (Å²) in [6.45, 7) is 1.37. The fourth-order valence-corrected chi connectivity index (χ4v) is 1.99. The summed E-state index contributed by atoms with van der Waals surface area (Å²) in [7, 11) is 0. The molecule has 10 heteroatoms. The van der Waals surface area contributed by atoms with Crippen molar-refractivity contribution in [1.82, 2.24) is 0 Å². The molecular weight excluding hydrogens is 353 g/mol. The number of hydrazone groups is 1. The van der Waals surface area contributed by atoms with Gasteiger partial charge in [-0.05, 0) is 29.8 Å². The number of halogens is 3. The van der Waals surface area contributed by atoms with E-state index in [1.807, 2.05) is 0 Å². The highest BCUT2D eigenvalue weighted by atomic mass is 19.4. The number of nitrogens with zero attached hydrogens (tertiary/aromatic N) is 2. The molecule has 0 aliphatic rings. The number of anilines is 2. The van der Waals surface area contributed by atoms with E-state index in [0.717, 1.165) is 12.1 Å². The van der Waals surface area contributed by atoms with Crippen molar-refractivity contribution in [3.63, 3.8) is 0 Å². The molecule has 26 heavy (non-hydrogen) atoms. The van der Waals surface area contributed by atoms with Gasteiger partial charge in [0.15, 0.2) is 0 Å². The summed E-state index contributed by atoms with van der Waals surface area (Å²) in [5.41, 5.74) is 1.53. The zero-order chi connectivity index (χ0) is 19.3. The van der Waals surface area contributed by atoms with Crippen molar-refractivity contribution in [2.45, 2.75) is 13.1 Å². The predicted molar refractivity (Wildman–Crippen MR) is 90.1 cm³/mol. The Bertz CT molecular complexity index is 849. The van der Waals surface area contributed by atoms with Gasteiger partial charge in [-0.3, -0.25) is 20.3 Å². The molecule has 2 rings (SSSR count). The van der Waals surface area contributed by atoms with Crippen LogP contribution in [-0.2, 0) is 11.0 Å². The van der Waals surface area contributed by atoms with Gasteiger partial charge in [0.2, 0.25) is 5.91 Å². The van der Waals surface area contributed by atoms with Gasteiger partial charge in [-0.2, -0.15) is 18.3 Å². The molecule has 0 saturated heterocycles. The lowest BCUT2D eigenvalue weighted by molar-refractivity contribution is -0.384. The van der Waals surface area contributed by atoms with E-state index >= 15 is 0 Å². The van der Waals surface area contributed by atoms with Gasteiger partial charge in [0.1, 0.15) is 5.69 Å². The molecule has 0 atom stereocenters. The number of nitro benzene ring substituents is 1. The third-order valence-electron chi connectivity index (χ3n) is 3.15. The van der Waals surface area contributed by atoms with Gasteiger partial charge < -0.3 is 5.32 Å². The average Bonchev–Trinajstić information content (AvgIpc) is 2.55. The maximum atomic E-state index is 12.6. The average molecular weight is 366 g/mol. The summed E-state index contributed by atoms with van der Waals surface area (Å²) in [5, 5.41) is 17.3. The lowest BCUT2D eigenvalue weighted by Crippen LogP contribution is -2.06. The van der Waals surface area contributed by atoms with Gasteiger partial charge in [0, 0.05) is 18.7 Å². The number of benzene rings is 2. The maximum absolute atomic E-state index is 12.6. The zero-order valence-electron chi connectivity index (χ0n) is 13.4. The Balaban J connectivity index is 2.14. The first kappa shape index (κ1) is 18.9. The second-order valence-electron chi connectivity index (χ2n) is 5.16. The van der Waals surface area contributed by atoms with Crippen LogP contribution in [0.25, 0.3) is 0 Å². The molecule has 0 unspecified atom stereocenters. The lowest BCUT2D eigenvalue weighted by atomic mass is 10.1. The summed E-state index contributed by atoms with van der Waals surface area (Å²) in [4.78, 5) is 21.0. The number of amides is 1. The van der Waals surface area contributed by atoms with Crippen LogP contribution in [0, 0.1) is 10.1 Å². The summed E-state index contributed by atoms with van der Waals surface area (Å²) >= 11 is 0. The van der Waals surface area contributed by atoms with E-state index in [2.05, 4.69) is 15.8 Å². The zero-order valence-corrected chi connectivity index (χ0v) is 13.4. The van der Waals surface area contributed by atoms with E-state index in [9.17, 15) is 28.1 Å². The van der Waals surface area contributed by atoms with Gasteiger partial charge in [-0.25, -0.2) is 0 Å². The quantitative estimate of drug-likeness (QED) is 0.474. The van der Waals surface area contributed by atoms with E-state index in [1.54, 1.807) is 24.3 Å². The summed E-state index contributed by atoms with van der Waals surface area (Å²) in [6.07, 6.45) is -3.35. The van der Waals surface area contributed by atoms with Crippen LogP contribution in [0.15, 0.2) is 47.6 Å². The molecule has 0 spiro atoms. The van der Waals surface area contributed by atoms with Crippen LogP contribution in [0.2, 0.25) is 0 Å². The third kappa shape index (κ3) is 5.03. The topological polar surface area (TPSA) is 96.6 Å². The van der Waals surface area contributed by atoms with E-state index in [-0.39, 0.29) is 11.6 Å². The van der Waals surface area contributed by atoms with E-state index < -0.39 is 22.4 Å². The highest BCUT2D eigenvalue weighted by Crippen LogP contribution is 2.34. The molecule has 1 amide bonds. The number of carbonyl (C=O) groups excluding carboxylic acids is 1. The number of carbonyl (C=O) groups is 1. The molecule has 2 N–H and O–H groups in total. The maximum Gasteiger partial charge on any atom is 0.416 e. The van der Waals surface area contributed by atoms with Crippen molar-refractivity contribution in [2.24, 2.45) is 5.10 Å². The monoisotopic (exact) mass is 366 g/mol. The van der Waals surface area contributed by atoms with Crippen molar-refractivity contribution in [2.75, 3.05) is 10.7 Å². The van der Waals surface area contributed by atoms with Crippen LogP contribution in [0.5, 0.6) is 0 Å². The van der Waals surface area contributed by atoms with E-state index in [0.29, 0.717) is 17.3 Å². The first-order valence-corrected chi connectivity index (χ1v) is 7.19. The number of hydrogen-bond donors (Lipinski definition) is 2. The van der Waals surface area contributed by atoms with Crippen LogP contribution < -0.4 is 10.7 Å². The molecule has 136 valence electrons. The number of hydrogen-bond acceptors (Lipinski definition) is 5. The molecule has 0 fully saturated rings. The fourth-order valence-electron chi connectivity index (χ4n) is 1.99. The molecule has 0 heterocycles. The smallest absolute Gasteiger partial charge is 0.326 e. The predicted octanol–water partition coefficient (Wildman–Crippen LogP) is 4.02.